The molecule has 2 aromatic carbocycles. The Morgan fingerprint density at radius 1 is 1.33 bits per heavy atom. The zero-order valence-electron chi connectivity index (χ0n) is 18.1. The molecule has 6 rings (SSSR count). The van der Waals surface area contributed by atoms with Crippen LogP contribution in [0, 0.1) is 17.7 Å². The van der Waals surface area contributed by atoms with Crippen LogP contribution in [0.1, 0.15) is 59.2 Å². The van der Waals surface area contributed by atoms with Crippen molar-refractivity contribution < 1.29 is 14.3 Å². The summed E-state index contributed by atoms with van der Waals surface area (Å²) in [6, 6.07) is 10.5. The number of nitrogens with zero attached hydrogens (tertiary/aromatic N) is 2. The van der Waals surface area contributed by atoms with Gasteiger partial charge in [-0.05, 0) is 55.2 Å². The Morgan fingerprint density at radius 3 is 2.73 bits per heavy atom. The Bertz CT molecular complexity index is 1420. The summed E-state index contributed by atoms with van der Waals surface area (Å²) < 4.78 is 16.9. The van der Waals surface area contributed by atoms with Crippen molar-refractivity contribution in [3.8, 4) is 23.2 Å². The molecular formula is C26H21ClFN3O2. The number of primary amides is 1. The van der Waals surface area contributed by atoms with Crippen LogP contribution in [0.2, 0.25) is 5.02 Å². The highest BCUT2D eigenvalue weighted by Gasteiger charge is 2.36. The van der Waals surface area contributed by atoms with Gasteiger partial charge in [-0.15, -0.1) is 0 Å². The summed E-state index contributed by atoms with van der Waals surface area (Å²) in [5.41, 5.74) is 8.72. The lowest BCUT2D eigenvalue weighted by atomic mass is 9.86. The van der Waals surface area contributed by atoms with E-state index in [9.17, 15) is 14.3 Å². The zero-order valence-corrected chi connectivity index (χ0v) is 18.9. The van der Waals surface area contributed by atoms with Crippen molar-refractivity contribution in [3.63, 3.8) is 0 Å². The number of allylic oxidation sites excluding steroid dienone is 2. The molecule has 1 aliphatic carbocycles. The van der Waals surface area contributed by atoms with E-state index in [-0.39, 0.29) is 17.3 Å². The van der Waals surface area contributed by atoms with Crippen molar-refractivity contribution in [2.24, 2.45) is 5.73 Å². The molecule has 0 saturated carbocycles. The van der Waals surface area contributed by atoms with Crippen molar-refractivity contribution in [2.75, 3.05) is 0 Å². The minimum atomic E-state index is -1.26. The molecule has 5 nitrogen and oxygen atoms in total. The molecule has 0 saturated heterocycles. The molecule has 2 aliphatic heterocycles. The van der Waals surface area contributed by atoms with Gasteiger partial charge in [0.2, 0.25) is 0 Å². The number of carbonyl (C=O) groups excluding carboxylic acids is 1. The number of benzene rings is 2. The number of amides is 1. The number of nitrogens with two attached hydrogens (primary N) is 1. The summed E-state index contributed by atoms with van der Waals surface area (Å²) in [5.74, 6) is 4.83. The molecule has 0 spiro atoms. The fourth-order valence-corrected chi connectivity index (χ4v) is 4.53. The highest BCUT2D eigenvalue weighted by Crippen LogP contribution is 2.48. The molecule has 1 unspecified atom stereocenters. The van der Waals surface area contributed by atoms with Gasteiger partial charge in [0.05, 0.1) is 17.3 Å². The van der Waals surface area contributed by atoms with E-state index in [0.29, 0.717) is 34.9 Å². The van der Waals surface area contributed by atoms with Crippen LogP contribution in [0.15, 0.2) is 42.5 Å². The summed E-state index contributed by atoms with van der Waals surface area (Å²) >= 11 is 6.39. The van der Waals surface area contributed by atoms with Gasteiger partial charge in [0.25, 0.3) is 5.91 Å². The van der Waals surface area contributed by atoms with Crippen LogP contribution >= 0.6 is 11.6 Å². The molecule has 0 radical (unpaired) electrons. The maximum absolute atomic E-state index is 14.9. The summed E-state index contributed by atoms with van der Waals surface area (Å²) in [6.07, 6.45) is 3.13. The first kappa shape index (κ1) is 21.4. The second-order valence-electron chi connectivity index (χ2n) is 8.88. The van der Waals surface area contributed by atoms with E-state index in [4.69, 9.17) is 17.3 Å². The van der Waals surface area contributed by atoms with Gasteiger partial charge < -0.3 is 15.4 Å². The van der Waals surface area contributed by atoms with Crippen molar-refractivity contribution in [3.05, 3.63) is 81.4 Å². The standard InChI is InChI=1S/C26H21ClFN3O2/c1-26(2,33)8-7-15-11-19-18(13-21(15)28)16-9-17(10-16)31-22(23(24(29)32)30-25(19)31)12-14-5-3-4-6-20(14)27/h3-6,9,11,13,17,33H,10,12H2,1-2H3,(H2,29,32). The van der Waals surface area contributed by atoms with Crippen LogP contribution in [0.5, 0.6) is 0 Å². The van der Waals surface area contributed by atoms with Crippen molar-refractivity contribution >= 4 is 23.1 Å². The minimum Gasteiger partial charge on any atom is -0.378 e. The lowest BCUT2D eigenvalue weighted by molar-refractivity contribution is 0.0995. The van der Waals surface area contributed by atoms with Gasteiger partial charge in [-0.3, -0.25) is 4.79 Å². The Kier molecular flexibility index (Phi) is 4.93. The third-order valence-corrected chi connectivity index (χ3v) is 6.28. The second kappa shape index (κ2) is 7.58. The fraction of sp³-hybridized carbons (Fsp3) is 0.231. The number of halogens is 2. The molecule has 3 aromatic rings. The van der Waals surface area contributed by atoms with Gasteiger partial charge in [0.1, 0.15) is 22.9 Å². The van der Waals surface area contributed by atoms with E-state index in [1.807, 2.05) is 22.8 Å². The molecule has 0 fully saturated rings. The molecular weight excluding hydrogens is 441 g/mol. The maximum Gasteiger partial charge on any atom is 0.269 e. The average Bonchev–Trinajstić information content (AvgIpc) is 2.94. The van der Waals surface area contributed by atoms with Gasteiger partial charge in [-0.25, -0.2) is 9.37 Å². The lowest BCUT2D eigenvalue weighted by Gasteiger charge is -2.26. The molecule has 2 bridgehead atoms. The summed E-state index contributed by atoms with van der Waals surface area (Å²) in [6.45, 7) is 3.07. The Hall–Kier alpha value is -3.40. The van der Waals surface area contributed by atoms with E-state index in [2.05, 4.69) is 22.9 Å². The highest BCUT2D eigenvalue weighted by molar-refractivity contribution is 6.31. The van der Waals surface area contributed by atoms with Crippen molar-refractivity contribution in [1.29, 1.82) is 0 Å². The number of rotatable bonds is 3. The van der Waals surface area contributed by atoms with E-state index in [0.717, 1.165) is 16.7 Å². The van der Waals surface area contributed by atoms with E-state index < -0.39 is 17.3 Å². The smallest absolute Gasteiger partial charge is 0.269 e. The van der Waals surface area contributed by atoms with Crippen LogP contribution in [0.25, 0.3) is 17.0 Å². The van der Waals surface area contributed by atoms with Gasteiger partial charge in [0, 0.05) is 17.0 Å². The zero-order chi connectivity index (χ0) is 23.5. The monoisotopic (exact) mass is 461 g/mol. The number of carbonyl (C=O) groups is 1. The molecule has 166 valence electrons. The lowest BCUT2D eigenvalue weighted by Crippen LogP contribution is -2.19. The van der Waals surface area contributed by atoms with Crippen molar-refractivity contribution in [1.82, 2.24) is 9.55 Å². The third-order valence-electron chi connectivity index (χ3n) is 5.91. The quantitative estimate of drug-likeness (QED) is 0.563. The van der Waals surface area contributed by atoms with Crippen LogP contribution in [0.4, 0.5) is 4.39 Å². The number of aliphatic hydroxyl groups is 1. The first-order chi connectivity index (χ1) is 15.6. The molecule has 3 heterocycles. The second-order valence-corrected chi connectivity index (χ2v) is 9.29. The summed E-state index contributed by atoms with van der Waals surface area (Å²) in [4.78, 5) is 17.0. The normalized spacial score (nSPS) is 15.9. The molecule has 33 heavy (non-hydrogen) atoms. The molecule has 1 aromatic heterocycles. The molecule has 7 heteroatoms. The Balaban J connectivity index is 1.73. The highest BCUT2D eigenvalue weighted by atomic mass is 35.5. The minimum absolute atomic E-state index is 0.0190. The Morgan fingerprint density at radius 2 is 2.06 bits per heavy atom. The first-order valence-corrected chi connectivity index (χ1v) is 10.9. The van der Waals surface area contributed by atoms with E-state index in [1.54, 1.807) is 12.1 Å². The van der Waals surface area contributed by atoms with Gasteiger partial charge in [0.15, 0.2) is 0 Å². The molecule has 3 N–H and O–H groups in total. The summed E-state index contributed by atoms with van der Waals surface area (Å²) in [5, 5.41) is 10.5. The predicted molar refractivity (Wildman–Crippen MR) is 125 cm³/mol. The molecule has 1 amide bonds. The van der Waals surface area contributed by atoms with Crippen LogP contribution in [-0.2, 0) is 6.42 Å². The number of hydrogen-bond donors (Lipinski definition) is 2. The van der Waals surface area contributed by atoms with Crippen molar-refractivity contribution in [2.45, 2.75) is 38.3 Å². The number of aromatic nitrogens is 2. The third kappa shape index (κ3) is 3.74. The average molecular weight is 462 g/mol. The van der Waals surface area contributed by atoms with Gasteiger partial charge in [-0.2, -0.15) is 0 Å². The summed E-state index contributed by atoms with van der Waals surface area (Å²) in [7, 11) is 0. The van der Waals surface area contributed by atoms with E-state index in [1.165, 1.54) is 19.9 Å². The molecule has 1 atom stereocenters. The first-order valence-electron chi connectivity index (χ1n) is 10.6. The largest absolute Gasteiger partial charge is 0.378 e. The molecule has 3 aliphatic rings. The fourth-order valence-electron chi connectivity index (χ4n) is 4.33. The van der Waals surface area contributed by atoms with Gasteiger partial charge in [-0.1, -0.05) is 47.7 Å². The van der Waals surface area contributed by atoms with Crippen LogP contribution < -0.4 is 5.73 Å². The van der Waals surface area contributed by atoms with E-state index >= 15 is 0 Å². The SMILES string of the molecule is CC(C)(O)C#Cc1cc2c(cc1F)C1=CC(C1)n1c-2nc(C(N)=O)c1Cc1ccccc1Cl. The predicted octanol–water partition coefficient (Wildman–Crippen LogP) is 4.50. The number of hydrogen-bond acceptors (Lipinski definition) is 3. The number of imidazole rings is 1. The van der Waals surface area contributed by atoms with Crippen LogP contribution in [-0.4, -0.2) is 26.2 Å². The maximum atomic E-state index is 14.9. The van der Waals surface area contributed by atoms with Gasteiger partial charge >= 0.3 is 0 Å². The van der Waals surface area contributed by atoms with Crippen LogP contribution in [0.3, 0.4) is 0 Å². The topological polar surface area (TPSA) is 81.1 Å². The Labute approximate surface area is 195 Å².